The van der Waals surface area contributed by atoms with Crippen molar-refractivity contribution < 1.29 is 4.79 Å². The van der Waals surface area contributed by atoms with Gasteiger partial charge in [0, 0.05) is 12.6 Å². The van der Waals surface area contributed by atoms with Gasteiger partial charge in [0.05, 0.1) is 11.0 Å². The molecule has 5 heteroatoms. The Hall–Kier alpha value is -3.73. The lowest BCUT2D eigenvalue weighted by Gasteiger charge is -2.30. The number of para-hydroxylation sites is 3. The number of hydrogen-bond donors (Lipinski definition) is 1. The average Bonchev–Trinajstić information content (AvgIpc) is 2.72. The number of anilines is 1. The monoisotopic (exact) mass is 369 g/mol. The number of fused-ring (bicyclic) bond motifs is 1. The van der Waals surface area contributed by atoms with Crippen LogP contribution < -0.4 is 10.5 Å². The number of hydrogen-bond acceptors (Lipinski definition) is 3. The van der Waals surface area contributed by atoms with Crippen molar-refractivity contribution in [2.75, 3.05) is 4.90 Å². The summed E-state index contributed by atoms with van der Waals surface area (Å²) in [7, 11) is 0. The molecule has 1 heterocycles. The number of aromatic amines is 1. The Labute approximate surface area is 162 Å². The van der Waals surface area contributed by atoms with Crippen molar-refractivity contribution in [3.05, 3.63) is 107 Å². The largest absolute Gasteiger partial charge is 0.319 e. The molecule has 4 aromatic rings. The molecule has 0 saturated carbocycles. The highest BCUT2D eigenvalue weighted by molar-refractivity contribution is 5.93. The first-order chi connectivity index (χ1) is 13.6. The molecule has 3 aromatic carbocycles. The SMILES string of the molecule is CC(=O)N(c1ccccc1)[C@@H](c1ccccc1)c1nc2ccccc2[nH]c1=O. The number of benzene rings is 3. The van der Waals surface area contributed by atoms with Crippen molar-refractivity contribution in [1.82, 2.24) is 9.97 Å². The minimum absolute atomic E-state index is 0.172. The minimum Gasteiger partial charge on any atom is -0.319 e. The fraction of sp³-hybridized carbons (Fsp3) is 0.0870. The fourth-order valence-electron chi connectivity index (χ4n) is 3.39. The summed E-state index contributed by atoms with van der Waals surface area (Å²) in [5, 5.41) is 0. The molecular formula is C23H19N3O2. The van der Waals surface area contributed by atoms with E-state index < -0.39 is 6.04 Å². The summed E-state index contributed by atoms with van der Waals surface area (Å²) in [6.07, 6.45) is 0. The van der Waals surface area contributed by atoms with E-state index in [1.807, 2.05) is 84.9 Å². The van der Waals surface area contributed by atoms with E-state index in [-0.39, 0.29) is 17.2 Å². The van der Waals surface area contributed by atoms with E-state index in [0.717, 1.165) is 5.56 Å². The van der Waals surface area contributed by atoms with Gasteiger partial charge >= 0.3 is 0 Å². The molecule has 0 spiro atoms. The summed E-state index contributed by atoms with van der Waals surface area (Å²) in [6.45, 7) is 1.50. The van der Waals surface area contributed by atoms with Gasteiger partial charge < -0.3 is 4.98 Å². The smallest absolute Gasteiger partial charge is 0.272 e. The number of nitrogens with one attached hydrogen (secondary N) is 1. The molecule has 0 aliphatic rings. The molecule has 0 bridgehead atoms. The molecule has 4 rings (SSSR count). The Bertz CT molecular complexity index is 1170. The van der Waals surface area contributed by atoms with E-state index in [4.69, 9.17) is 0 Å². The van der Waals surface area contributed by atoms with Crippen LogP contribution in [0.15, 0.2) is 89.7 Å². The van der Waals surface area contributed by atoms with E-state index in [2.05, 4.69) is 9.97 Å². The summed E-state index contributed by atoms with van der Waals surface area (Å²) in [5.74, 6) is -0.172. The van der Waals surface area contributed by atoms with Crippen LogP contribution in [-0.2, 0) is 4.79 Å². The van der Waals surface area contributed by atoms with Gasteiger partial charge in [0.25, 0.3) is 5.56 Å². The second-order valence-electron chi connectivity index (χ2n) is 6.51. The van der Waals surface area contributed by atoms with E-state index in [1.165, 1.54) is 6.92 Å². The van der Waals surface area contributed by atoms with Gasteiger partial charge in [-0.1, -0.05) is 60.7 Å². The summed E-state index contributed by atoms with van der Waals surface area (Å²) in [5.41, 5.74) is 2.83. The topological polar surface area (TPSA) is 66.1 Å². The summed E-state index contributed by atoms with van der Waals surface area (Å²) in [4.78, 5) is 34.8. The Balaban J connectivity index is 1.98. The standard InChI is InChI=1S/C23H19N3O2/c1-16(27)26(18-12-6-3-7-13-18)22(17-10-4-2-5-11-17)21-23(28)25-20-15-9-8-14-19(20)24-21/h2-15,22H,1H3,(H,25,28)/t22-/m0/s1. The van der Waals surface area contributed by atoms with Gasteiger partial charge in [-0.2, -0.15) is 0 Å². The van der Waals surface area contributed by atoms with Crippen molar-refractivity contribution in [1.29, 1.82) is 0 Å². The molecule has 5 nitrogen and oxygen atoms in total. The van der Waals surface area contributed by atoms with Gasteiger partial charge in [-0.3, -0.25) is 14.5 Å². The molecule has 0 aliphatic heterocycles. The highest BCUT2D eigenvalue weighted by Crippen LogP contribution is 2.31. The predicted octanol–water partition coefficient (Wildman–Crippen LogP) is 4.07. The number of nitrogens with zero attached hydrogens (tertiary/aromatic N) is 2. The number of amides is 1. The molecule has 1 N–H and O–H groups in total. The van der Waals surface area contributed by atoms with Crippen molar-refractivity contribution in [2.24, 2.45) is 0 Å². The Kier molecular flexibility index (Phi) is 4.72. The average molecular weight is 369 g/mol. The normalized spacial score (nSPS) is 11.9. The van der Waals surface area contributed by atoms with Gasteiger partial charge in [0.2, 0.25) is 5.91 Å². The number of carbonyl (C=O) groups is 1. The molecule has 138 valence electrons. The van der Waals surface area contributed by atoms with Gasteiger partial charge in [-0.25, -0.2) is 4.98 Å². The maximum atomic E-state index is 13.0. The summed E-state index contributed by atoms with van der Waals surface area (Å²) in [6, 6.07) is 25.5. The molecule has 1 aromatic heterocycles. The quantitative estimate of drug-likeness (QED) is 0.590. The van der Waals surface area contributed by atoms with Crippen molar-refractivity contribution in [2.45, 2.75) is 13.0 Å². The molecule has 1 atom stereocenters. The van der Waals surface area contributed by atoms with Crippen molar-refractivity contribution in [3.63, 3.8) is 0 Å². The van der Waals surface area contributed by atoms with Crippen LogP contribution in [0.5, 0.6) is 0 Å². The maximum Gasteiger partial charge on any atom is 0.272 e. The van der Waals surface area contributed by atoms with Gasteiger partial charge in [-0.05, 0) is 29.8 Å². The van der Waals surface area contributed by atoms with Crippen LogP contribution in [0.4, 0.5) is 5.69 Å². The molecule has 28 heavy (non-hydrogen) atoms. The predicted molar refractivity (Wildman–Crippen MR) is 110 cm³/mol. The number of aromatic nitrogens is 2. The molecule has 0 fully saturated rings. The minimum atomic E-state index is -0.644. The van der Waals surface area contributed by atoms with Crippen LogP contribution in [-0.4, -0.2) is 15.9 Å². The van der Waals surface area contributed by atoms with Gasteiger partial charge in [0.15, 0.2) is 0 Å². The van der Waals surface area contributed by atoms with Gasteiger partial charge in [-0.15, -0.1) is 0 Å². The molecular weight excluding hydrogens is 350 g/mol. The van der Waals surface area contributed by atoms with Crippen molar-refractivity contribution in [3.8, 4) is 0 Å². The van der Waals surface area contributed by atoms with Crippen LogP contribution in [0.1, 0.15) is 24.2 Å². The van der Waals surface area contributed by atoms with Crippen LogP contribution in [0, 0.1) is 0 Å². The van der Waals surface area contributed by atoms with E-state index in [9.17, 15) is 9.59 Å². The zero-order chi connectivity index (χ0) is 19.5. The third-order valence-corrected chi connectivity index (χ3v) is 4.63. The van der Waals surface area contributed by atoms with Crippen molar-refractivity contribution >= 4 is 22.6 Å². The Morgan fingerprint density at radius 1 is 0.893 bits per heavy atom. The lowest BCUT2D eigenvalue weighted by molar-refractivity contribution is -0.116. The Morgan fingerprint density at radius 2 is 1.50 bits per heavy atom. The fourth-order valence-corrected chi connectivity index (χ4v) is 3.39. The van der Waals surface area contributed by atoms with Crippen LogP contribution >= 0.6 is 0 Å². The number of rotatable bonds is 4. The lowest BCUT2D eigenvalue weighted by Crippen LogP contribution is -2.37. The van der Waals surface area contributed by atoms with Gasteiger partial charge in [0.1, 0.15) is 11.7 Å². The number of carbonyl (C=O) groups excluding carboxylic acids is 1. The van der Waals surface area contributed by atoms with E-state index in [0.29, 0.717) is 16.7 Å². The zero-order valence-corrected chi connectivity index (χ0v) is 15.4. The maximum absolute atomic E-state index is 13.0. The third-order valence-electron chi connectivity index (χ3n) is 4.63. The molecule has 0 unspecified atom stereocenters. The van der Waals surface area contributed by atoms with E-state index >= 15 is 0 Å². The van der Waals surface area contributed by atoms with Crippen LogP contribution in [0.25, 0.3) is 11.0 Å². The first kappa shape index (κ1) is 17.7. The second-order valence-corrected chi connectivity index (χ2v) is 6.51. The van der Waals surface area contributed by atoms with Crippen LogP contribution in [0.3, 0.4) is 0 Å². The lowest BCUT2D eigenvalue weighted by atomic mass is 10.0. The molecule has 0 saturated heterocycles. The number of H-pyrrole nitrogens is 1. The molecule has 1 amide bonds. The van der Waals surface area contributed by atoms with E-state index in [1.54, 1.807) is 4.90 Å². The molecule has 0 radical (unpaired) electrons. The third kappa shape index (κ3) is 3.30. The second kappa shape index (κ2) is 7.48. The molecule has 0 aliphatic carbocycles. The first-order valence-corrected chi connectivity index (χ1v) is 9.04. The zero-order valence-electron chi connectivity index (χ0n) is 15.4. The summed E-state index contributed by atoms with van der Waals surface area (Å²) >= 11 is 0. The highest BCUT2D eigenvalue weighted by atomic mass is 16.2. The first-order valence-electron chi connectivity index (χ1n) is 9.04. The van der Waals surface area contributed by atoms with Crippen LogP contribution in [0.2, 0.25) is 0 Å². The Morgan fingerprint density at radius 3 is 2.18 bits per heavy atom. The highest BCUT2D eigenvalue weighted by Gasteiger charge is 2.29. The summed E-state index contributed by atoms with van der Waals surface area (Å²) < 4.78 is 0.